The van der Waals surface area contributed by atoms with E-state index in [-0.39, 0.29) is 43.7 Å². The number of nitrogens with one attached hydrogen (secondary N) is 2. The number of fused-ring (bicyclic) bond motifs is 1. The summed E-state index contributed by atoms with van der Waals surface area (Å²) in [5.74, 6) is -1.16. The van der Waals surface area contributed by atoms with Crippen molar-refractivity contribution in [3.8, 4) is 0 Å². The molecule has 0 aliphatic heterocycles. The number of halogens is 3. The summed E-state index contributed by atoms with van der Waals surface area (Å²) in [6.45, 7) is 3.66. The zero-order valence-electron chi connectivity index (χ0n) is 24.4. The van der Waals surface area contributed by atoms with Crippen LogP contribution in [0.5, 0.6) is 0 Å². The fourth-order valence-corrected chi connectivity index (χ4v) is 5.78. The first-order valence-corrected chi connectivity index (χ1v) is 15.9. The van der Waals surface area contributed by atoms with Crippen molar-refractivity contribution in [1.82, 2.24) is 9.71 Å². The first-order valence-electron chi connectivity index (χ1n) is 13.3. The van der Waals surface area contributed by atoms with Gasteiger partial charge in [-0.25, -0.2) is 4.98 Å². The van der Waals surface area contributed by atoms with Gasteiger partial charge in [0.2, 0.25) is 5.95 Å². The van der Waals surface area contributed by atoms with E-state index >= 15 is 0 Å². The summed E-state index contributed by atoms with van der Waals surface area (Å²) in [6, 6.07) is 18.4. The summed E-state index contributed by atoms with van der Waals surface area (Å²) in [5.41, 5.74) is 2.50. The molecule has 5 aromatic rings. The number of hydrogen-bond acceptors (Lipinski definition) is 7. The molecule has 0 spiro atoms. The number of aryl methyl sites for hydroxylation is 2. The number of imidazole rings is 1. The summed E-state index contributed by atoms with van der Waals surface area (Å²) in [7, 11) is -1.09. The molecule has 0 aliphatic rings. The second-order valence-corrected chi connectivity index (χ2v) is 13.1. The molecule has 0 unspecified atom stereocenters. The number of anilines is 3. The Morgan fingerprint density at radius 2 is 1.47 bits per heavy atom. The lowest BCUT2D eigenvalue weighted by Crippen LogP contribution is -2.25. The maximum atomic E-state index is 13.7. The molecule has 1 aromatic heterocycles. The van der Waals surface area contributed by atoms with Crippen LogP contribution < -0.4 is 19.8 Å². The van der Waals surface area contributed by atoms with Gasteiger partial charge in [-0.2, -0.15) is 8.42 Å². The molecule has 2 N–H and O–H groups in total. The minimum absolute atomic E-state index is 0.00914. The minimum Gasteiger partial charge on any atom is -0.346 e. The van der Waals surface area contributed by atoms with Gasteiger partial charge in [0.25, 0.3) is 11.8 Å². The van der Waals surface area contributed by atoms with E-state index in [0.29, 0.717) is 15.7 Å². The van der Waals surface area contributed by atoms with Crippen LogP contribution >= 0.6 is 34.8 Å². The van der Waals surface area contributed by atoms with E-state index in [9.17, 15) is 18.0 Å². The van der Waals surface area contributed by atoms with Crippen LogP contribution in [0.15, 0.2) is 77.7 Å². The monoisotopic (exact) mass is 685 g/mol. The molecular formula is C31H26Cl3N5O5S. The summed E-state index contributed by atoms with van der Waals surface area (Å²) in [6.07, 6.45) is 0. The number of rotatable bonds is 8. The average molecular weight is 687 g/mol. The normalized spacial score (nSPS) is 11.4. The number of nitrogens with zero attached hydrogens (tertiary/aromatic N) is 3. The topological polar surface area (TPSA) is 123 Å². The van der Waals surface area contributed by atoms with Gasteiger partial charge in [-0.15, -0.1) is 4.73 Å². The van der Waals surface area contributed by atoms with Crippen LogP contribution in [0.4, 0.5) is 17.3 Å². The fraction of sp³-hybridized carbons (Fsp3) is 0.129. The highest BCUT2D eigenvalue weighted by Crippen LogP contribution is 2.31. The Morgan fingerprint density at radius 3 is 2.13 bits per heavy atom. The van der Waals surface area contributed by atoms with Gasteiger partial charge < -0.3 is 15.5 Å². The average Bonchev–Trinajstić information content (AvgIpc) is 3.33. The van der Waals surface area contributed by atoms with Crippen molar-refractivity contribution in [2.24, 2.45) is 0 Å². The van der Waals surface area contributed by atoms with Gasteiger partial charge in [-0.3, -0.25) is 13.9 Å². The molecule has 0 atom stereocenters. The number of benzene rings is 4. The molecule has 0 saturated carbocycles. The molecule has 0 bridgehead atoms. The molecule has 10 nitrogen and oxygen atoms in total. The smallest absolute Gasteiger partial charge is 0.346 e. The zero-order chi connectivity index (χ0) is 32.6. The number of carbonyl (C=O) groups excluding carboxylic acids is 2. The molecule has 232 valence electrons. The van der Waals surface area contributed by atoms with Crippen LogP contribution in [0, 0.1) is 13.8 Å². The molecule has 2 amide bonds. The van der Waals surface area contributed by atoms with Crippen LogP contribution in [0.3, 0.4) is 0 Å². The van der Waals surface area contributed by atoms with Gasteiger partial charge in [-0.05, 0) is 74.0 Å². The van der Waals surface area contributed by atoms with E-state index in [1.165, 1.54) is 41.3 Å². The number of hydrogen-bond donors (Lipinski definition) is 2. The molecule has 45 heavy (non-hydrogen) atoms. The van der Waals surface area contributed by atoms with Crippen molar-refractivity contribution >= 4 is 85.1 Å². The van der Waals surface area contributed by atoms with Crippen molar-refractivity contribution in [2.45, 2.75) is 18.7 Å². The zero-order valence-corrected chi connectivity index (χ0v) is 27.4. The SMILES string of the molecule is Cc1ccc(S(=O)(=O)On2c(N(C)C)nc3c(C(=O)Nc4ccc(C)c(Cl)c4)cc(NC(=O)c4cc(Cl)ccc4Cl)cc32)cc1. The maximum Gasteiger partial charge on any atom is 0.357 e. The number of carbonyl (C=O) groups is 2. The second kappa shape index (κ2) is 12.6. The van der Waals surface area contributed by atoms with Gasteiger partial charge in [-0.1, -0.05) is 58.6 Å². The van der Waals surface area contributed by atoms with E-state index in [4.69, 9.17) is 39.1 Å². The Balaban J connectivity index is 1.66. The number of amides is 2. The van der Waals surface area contributed by atoms with Crippen molar-refractivity contribution in [2.75, 3.05) is 29.6 Å². The van der Waals surface area contributed by atoms with Crippen molar-refractivity contribution < 1.29 is 22.3 Å². The molecule has 0 aliphatic carbocycles. The molecule has 0 saturated heterocycles. The molecule has 4 aromatic carbocycles. The van der Waals surface area contributed by atoms with Crippen LogP contribution in [0.2, 0.25) is 15.1 Å². The van der Waals surface area contributed by atoms with Crippen molar-refractivity contribution in [3.63, 3.8) is 0 Å². The highest BCUT2D eigenvalue weighted by Gasteiger charge is 2.26. The first kappa shape index (κ1) is 32.1. The lowest BCUT2D eigenvalue weighted by atomic mass is 10.1. The number of aromatic nitrogens is 2. The maximum absolute atomic E-state index is 13.7. The Kier molecular flexibility index (Phi) is 8.99. The lowest BCUT2D eigenvalue weighted by molar-refractivity contribution is 0.101. The van der Waals surface area contributed by atoms with E-state index in [1.807, 2.05) is 13.8 Å². The largest absolute Gasteiger partial charge is 0.357 e. The summed E-state index contributed by atoms with van der Waals surface area (Å²) >= 11 is 18.6. The van der Waals surface area contributed by atoms with Gasteiger partial charge >= 0.3 is 10.1 Å². The predicted octanol–water partition coefficient (Wildman–Crippen LogP) is 7.00. The molecule has 0 radical (unpaired) electrons. The molecule has 0 fully saturated rings. The standard InChI is InChI=1S/C31H26Cl3N5O5S/c1-17-5-10-22(11-6-17)45(42,43)44-39-27-16-21(36-29(40)23-13-19(32)8-12-25(23)33)14-24(28(27)37-31(39)38(3)4)30(41)35-20-9-7-18(2)26(34)15-20/h5-16H,1-4H3,(H,35,41)(H,36,40). The van der Waals surface area contributed by atoms with Crippen molar-refractivity contribution in [1.29, 1.82) is 0 Å². The Labute approximate surface area is 274 Å². The third kappa shape index (κ3) is 6.86. The van der Waals surface area contributed by atoms with Crippen molar-refractivity contribution in [3.05, 3.63) is 110 Å². The van der Waals surface area contributed by atoms with E-state index < -0.39 is 21.9 Å². The fourth-order valence-electron chi connectivity index (χ4n) is 4.33. The highest BCUT2D eigenvalue weighted by molar-refractivity contribution is 7.87. The summed E-state index contributed by atoms with van der Waals surface area (Å²) in [5, 5.41) is 6.40. The van der Waals surface area contributed by atoms with E-state index in [1.54, 1.807) is 50.5 Å². The van der Waals surface area contributed by atoms with E-state index in [0.717, 1.165) is 15.9 Å². The quantitative estimate of drug-likeness (QED) is 0.180. The van der Waals surface area contributed by atoms with Crippen LogP contribution in [0.25, 0.3) is 11.0 Å². The Bertz CT molecular complexity index is 2080. The molecular weight excluding hydrogens is 661 g/mol. The van der Waals surface area contributed by atoms with Gasteiger partial charge in [0.15, 0.2) is 0 Å². The van der Waals surface area contributed by atoms with Crippen LogP contribution in [-0.2, 0) is 10.1 Å². The predicted molar refractivity (Wildman–Crippen MR) is 178 cm³/mol. The third-order valence-electron chi connectivity index (χ3n) is 6.69. The third-order valence-corrected chi connectivity index (χ3v) is 8.86. The molecule has 5 rings (SSSR count). The van der Waals surface area contributed by atoms with Gasteiger partial charge in [0.05, 0.1) is 16.1 Å². The Hall–Kier alpha value is -4.29. The first-order chi connectivity index (χ1) is 21.2. The van der Waals surface area contributed by atoms with Crippen LogP contribution in [-0.4, -0.2) is 44.0 Å². The Morgan fingerprint density at radius 1 is 0.800 bits per heavy atom. The molecule has 14 heteroatoms. The summed E-state index contributed by atoms with van der Waals surface area (Å²) < 4.78 is 33.4. The molecule has 1 heterocycles. The van der Waals surface area contributed by atoms with Gasteiger partial charge in [0.1, 0.15) is 15.9 Å². The summed E-state index contributed by atoms with van der Waals surface area (Å²) in [4.78, 5) is 33.0. The second-order valence-electron chi connectivity index (χ2n) is 10.3. The minimum atomic E-state index is -4.37. The highest BCUT2D eigenvalue weighted by atomic mass is 35.5. The van der Waals surface area contributed by atoms with E-state index in [2.05, 4.69) is 15.6 Å². The van der Waals surface area contributed by atoms with Crippen LogP contribution in [0.1, 0.15) is 31.8 Å². The van der Waals surface area contributed by atoms with Gasteiger partial charge in [0, 0.05) is 35.5 Å². The lowest BCUT2D eigenvalue weighted by Gasteiger charge is -2.15.